The molecular formula is C92H58BBrO2. The van der Waals surface area contributed by atoms with Gasteiger partial charge in [0.25, 0.3) is 0 Å². The average Bonchev–Trinajstić information content (AvgIpc) is 0.721. The predicted octanol–water partition coefficient (Wildman–Crippen LogP) is 24.6. The first-order chi connectivity index (χ1) is 47.4. The van der Waals surface area contributed by atoms with Crippen LogP contribution >= 0.6 is 15.9 Å². The number of rotatable bonds is 6. The van der Waals surface area contributed by atoms with Crippen molar-refractivity contribution in [2.45, 2.75) is 0 Å². The van der Waals surface area contributed by atoms with E-state index in [1.165, 1.54) is 169 Å². The summed E-state index contributed by atoms with van der Waals surface area (Å²) in [7, 11) is -1.44. The van der Waals surface area contributed by atoms with Gasteiger partial charge in [0.15, 0.2) is 0 Å². The monoisotopic (exact) mass is 1280 g/mol. The number of benzene rings is 20. The zero-order valence-electron chi connectivity index (χ0n) is 52.2. The summed E-state index contributed by atoms with van der Waals surface area (Å²) in [5.74, 6) is 0. The van der Waals surface area contributed by atoms with Crippen molar-refractivity contribution in [2.75, 3.05) is 0 Å². The van der Waals surface area contributed by atoms with Gasteiger partial charge < -0.3 is 10.0 Å². The summed E-state index contributed by atoms with van der Waals surface area (Å²) in [6, 6.07) is 122. The second-order valence-electron chi connectivity index (χ2n) is 25.2. The number of fused-ring (bicyclic) bond motifs is 6. The topological polar surface area (TPSA) is 40.5 Å². The molecular weight excluding hydrogens is 1230 g/mol. The summed E-state index contributed by atoms with van der Waals surface area (Å²) in [6.45, 7) is 0. The number of hydrogen-bond acceptors (Lipinski definition) is 2. The van der Waals surface area contributed by atoms with Gasteiger partial charge in [0.2, 0.25) is 0 Å². The van der Waals surface area contributed by atoms with Crippen LogP contribution in [-0.4, -0.2) is 17.2 Å². The lowest BCUT2D eigenvalue weighted by Crippen LogP contribution is -2.30. The first-order valence-electron chi connectivity index (χ1n) is 32.8. The van der Waals surface area contributed by atoms with Gasteiger partial charge in [-0.1, -0.05) is 315 Å². The molecule has 20 aromatic rings. The van der Waals surface area contributed by atoms with Gasteiger partial charge in [-0.2, -0.15) is 0 Å². The van der Waals surface area contributed by atoms with Crippen LogP contribution in [0.3, 0.4) is 0 Å². The fourth-order valence-electron chi connectivity index (χ4n) is 15.6. The lowest BCUT2D eigenvalue weighted by molar-refractivity contribution is 0.426. The van der Waals surface area contributed by atoms with E-state index in [4.69, 9.17) is 0 Å². The fourth-order valence-corrected chi connectivity index (χ4v) is 16.3. The Hall–Kier alpha value is -11.5. The Morgan fingerprint density at radius 1 is 0.198 bits per heavy atom. The van der Waals surface area contributed by atoms with E-state index in [9.17, 15) is 10.0 Å². The van der Waals surface area contributed by atoms with Crippen LogP contribution in [0.1, 0.15) is 0 Å². The summed E-state index contributed by atoms with van der Waals surface area (Å²) < 4.78 is 1.16. The van der Waals surface area contributed by atoms with Crippen molar-refractivity contribution in [1.82, 2.24) is 0 Å². The van der Waals surface area contributed by atoms with Gasteiger partial charge in [0.1, 0.15) is 0 Å². The van der Waals surface area contributed by atoms with E-state index in [-0.39, 0.29) is 0 Å². The minimum atomic E-state index is -1.44. The highest BCUT2D eigenvalue weighted by Crippen LogP contribution is 2.50. The van der Waals surface area contributed by atoms with Crippen molar-refractivity contribution < 1.29 is 10.0 Å². The van der Waals surface area contributed by atoms with Crippen LogP contribution in [-0.2, 0) is 0 Å². The Bertz CT molecular complexity index is 6290. The Balaban J connectivity index is 0.000000115. The van der Waals surface area contributed by atoms with Gasteiger partial charge in [-0.25, -0.2) is 0 Å². The standard InChI is InChI=1S/C46H28.C30H19Br.C16H11BO2/c1-2-11-29(12-3-1)34-27-33-13-4-5-16-35(33)42(28-34)46-38-19-8-6-17-36(38)45(37-18-7-9-20-39(37)46)41-26-24-32-22-21-30-14-10-15-31-23-25-40(41)44(32)43(30)31;31-30-26-16-8-6-14-24(26)29(25-15-7-9-17-27(25)30)28-19-22(20-10-2-1-3-11-20)18-21-12-4-5-13-23(21)28;18-17(19)14-9-7-12-5-4-10-2-1-3-11-6-8-13(14)16(12)15(10)11/h1-28H;1-19H;1-9,18-19H. The molecule has 0 atom stereocenters. The van der Waals surface area contributed by atoms with Crippen molar-refractivity contribution in [3.63, 3.8) is 0 Å². The summed E-state index contributed by atoms with van der Waals surface area (Å²) in [5, 5.41) is 48.8. The molecule has 0 aromatic heterocycles. The highest BCUT2D eigenvalue weighted by molar-refractivity contribution is 9.10. The molecule has 20 rings (SSSR count). The molecule has 0 bridgehead atoms. The Morgan fingerprint density at radius 3 is 0.927 bits per heavy atom. The van der Waals surface area contributed by atoms with E-state index in [0.717, 1.165) is 20.6 Å². The lowest BCUT2D eigenvalue weighted by Gasteiger charge is -2.21. The molecule has 448 valence electrons. The van der Waals surface area contributed by atoms with Crippen LogP contribution in [0.4, 0.5) is 0 Å². The fraction of sp³-hybridized carbons (Fsp3) is 0. The van der Waals surface area contributed by atoms with E-state index < -0.39 is 7.12 Å². The Morgan fingerprint density at radius 2 is 0.500 bits per heavy atom. The van der Waals surface area contributed by atoms with E-state index in [1.54, 1.807) is 6.07 Å². The molecule has 0 saturated heterocycles. The van der Waals surface area contributed by atoms with Crippen molar-refractivity contribution >= 4 is 158 Å². The summed E-state index contributed by atoms with van der Waals surface area (Å²) in [5.41, 5.74) is 13.2. The van der Waals surface area contributed by atoms with Crippen LogP contribution in [0.15, 0.2) is 344 Å². The lowest BCUT2D eigenvalue weighted by atomic mass is 9.75. The molecule has 0 radical (unpaired) electrons. The SMILES string of the molecule is Brc1c2ccccc2c(-c2cc(-c3ccccc3)cc3ccccc23)c2ccccc12.OB(O)c1ccc2ccc3cccc4ccc1c2c34.c1ccc(-c2cc(-c3c4ccccc4c(-c4ccc5ccc6cccc7ccc4c5c67)c4ccccc34)c3ccccc3c2)cc1. The molecule has 0 aliphatic carbocycles. The van der Waals surface area contributed by atoms with Gasteiger partial charge in [-0.15, -0.1) is 0 Å². The third-order valence-corrected chi connectivity index (χ3v) is 20.8. The van der Waals surface area contributed by atoms with Gasteiger partial charge in [-0.3, -0.25) is 0 Å². The quantitative estimate of drug-likeness (QED) is 0.0990. The molecule has 0 heterocycles. The van der Waals surface area contributed by atoms with Crippen LogP contribution in [0, 0.1) is 0 Å². The van der Waals surface area contributed by atoms with Crippen molar-refractivity contribution in [3.05, 3.63) is 344 Å². The second-order valence-corrected chi connectivity index (χ2v) is 26.0. The molecule has 2 nitrogen and oxygen atoms in total. The highest BCUT2D eigenvalue weighted by Gasteiger charge is 2.23. The normalized spacial score (nSPS) is 11.7. The molecule has 2 N–H and O–H groups in total. The first kappa shape index (κ1) is 57.2. The van der Waals surface area contributed by atoms with Crippen molar-refractivity contribution in [3.8, 4) is 55.6 Å². The molecule has 0 aliphatic rings. The van der Waals surface area contributed by atoms with Gasteiger partial charge in [0, 0.05) is 4.47 Å². The van der Waals surface area contributed by atoms with Gasteiger partial charge >= 0.3 is 7.12 Å². The average molecular weight is 1290 g/mol. The van der Waals surface area contributed by atoms with Crippen LogP contribution in [0.25, 0.3) is 185 Å². The maximum atomic E-state index is 9.51. The molecule has 96 heavy (non-hydrogen) atoms. The first-order valence-corrected chi connectivity index (χ1v) is 33.6. The minimum Gasteiger partial charge on any atom is -0.423 e. The summed E-state index contributed by atoms with van der Waals surface area (Å²) in [4.78, 5) is 0. The molecule has 0 unspecified atom stereocenters. The summed E-state index contributed by atoms with van der Waals surface area (Å²) >= 11 is 3.89. The molecule has 0 aliphatic heterocycles. The Labute approximate surface area is 563 Å². The molecule has 4 heteroatoms. The van der Waals surface area contributed by atoms with Crippen LogP contribution < -0.4 is 5.46 Å². The van der Waals surface area contributed by atoms with Crippen molar-refractivity contribution in [2.24, 2.45) is 0 Å². The molecule has 0 spiro atoms. The van der Waals surface area contributed by atoms with Crippen molar-refractivity contribution in [1.29, 1.82) is 0 Å². The summed E-state index contributed by atoms with van der Waals surface area (Å²) in [6.07, 6.45) is 0. The number of hydrogen-bond donors (Lipinski definition) is 2. The minimum absolute atomic E-state index is 0.561. The Kier molecular flexibility index (Phi) is 14.0. The van der Waals surface area contributed by atoms with Crippen LogP contribution in [0.2, 0.25) is 0 Å². The van der Waals surface area contributed by atoms with E-state index in [2.05, 4.69) is 325 Å². The smallest absolute Gasteiger partial charge is 0.423 e. The van der Waals surface area contributed by atoms with E-state index in [1.807, 2.05) is 24.3 Å². The molecule has 0 saturated carbocycles. The van der Waals surface area contributed by atoms with E-state index in [0.29, 0.717) is 5.46 Å². The molecule has 0 amide bonds. The van der Waals surface area contributed by atoms with E-state index >= 15 is 0 Å². The molecule has 20 aromatic carbocycles. The maximum Gasteiger partial charge on any atom is 0.489 e. The third kappa shape index (κ3) is 9.48. The second kappa shape index (κ2) is 23.5. The van der Waals surface area contributed by atoms with Gasteiger partial charge in [0.05, 0.1) is 0 Å². The largest absolute Gasteiger partial charge is 0.489 e. The molecule has 0 fully saturated rings. The zero-order chi connectivity index (χ0) is 64.0. The van der Waals surface area contributed by atoms with Crippen LogP contribution in [0.5, 0.6) is 0 Å². The predicted molar refractivity (Wildman–Crippen MR) is 416 cm³/mol. The highest BCUT2D eigenvalue weighted by atomic mass is 79.9. The third-order valence-electron chi connectivity index (χ3n) is 19.9. The number of halogens is 1. The zero-order valence-corrected chi connectivity index (χ0v) is 53.8. The van der Waals surface area contributed by atoms with Gasteiger partial charge in [-0.05, 0) is 231 Å². The maximum absolute atomic E-state index is 9.51.